The van der Waals surface area contributed by atoms with E-state index in [1.165, 1.54) is 0 Å². The minimum atomic E-state index is 0.270. The van der Waals surface area contributed by atoms with Crippen LogP contribution in [-0.2, 0) is 11.8 Å². The number of fused-ring (bicyclic) bond motifs is 1. The highest BCUT2D eigenvalue weighted by Crippen LogP contribution is 2.41. The summed E-state index contributed by atoms with van der Waals surface area (Å²) in [7, 11) is 1.85. The minimum absolute atomic E-state index is 0.270. The van der Waals surface area contributed by atoms with Crippen LogP contribution in [0.3, 0.4) is 0 Å². The van der Waals surface area contributed by atoms with Gasteiger partial charge in [0.05, 0.1) is 30.2 Å². The zero-order valence-electron chi connectivity index (χ0n) is 9.93. The molecule has 0 bridgehead atoms. The summed E-state index contributed by atoms with van der Waals surface area (Å²) in [5.74, 6) is 0.885. The largest absolute Gasteiger partial charge is 0.380 e. The van der Waals surface area contributed by atoms with Crippen molar-refractivity contribution in [2.75, 3.05) is 31.2 Å². The van der Waals surface area contributed by atoms with Crippen LogP contribution in [0.1, 0.15) is 0 Å². The van der Waals surface area contributed by atoms with Gasteiger partial charge in [0.1, 0.15) is 5.82 Å². The van der Waals surface area contributed by atoms with Gasteiger partial charge in [0.2, 0.25) is 5.28 Å². The molecule has 2 aliphatic rings. The van der Waals surface area contributed by atoms with Crippen molar-refractivity contribution in [2.24, 2.45) is 12.5 Å². The second-order valence-corrected chi connectivity index (χ2v) is 5.51. The highest BCUT2D eigenvalue weighted by molar-refractivity contribution is 6.28. The second-order valence-electron chi connectivity index (χ2n) is 5.17. The molecule has 94 valence electrons. The first-order valence-electron chi connectivity index (χ1n) is 5.85. The third kappa shape index (κ3) is 1.30. The molecule has 0 radical (unpaired) electrons. The second kappa shape index (κ2) is 3.33. The SMILES string of the molecule is Cn1ncc2c(N3CC4(COC4)C3)nc(Cl)nc21. The predicted octanol–water partition coefficient (Wildman–Crippen LogP) is 0.853. The van der Waals surface area contributed by atoms with Crippen molar-refractivity contribution in [2.45, 2.75) is 0 Å². The Labute approximate surface area is 109 Å². The van der Waals surface area contributed by atoms with Crippen LogP contribution in [0.25, 0.3) is 11.0 Å². The summed E-state index contributed by atoms with van der Waals surface area (Å²) >= 11 is 5.98. The Morgan fingerprint density at radius 3 is 2.78 bits per heavy atom. The monoisotopic (exact) mass is 265 g/mol. The van der Waals surface area contributed by atoms with E-state index in [2.05, 4.69) is 20.0 Å². The van der Waals surface area contributed by atoms with E-state index in [1.54, 1.807) is 10.9 Å². The molecule has 0 unspecified atom stereocenters. The number of rotatable bonds is 1. The van der Waals surface area contributed by atoms with E-state index in [4.69, 9.17) is 16.3 Å². The van der Waals surface area contributed by atoms with Gasteiger partial charge in [-0.1, -0.05) is 0 Å². The number of nitrogens with zero attached hydrogens (tertiary/aromatic N) is 5. The smallest absolute Gasteiger partial charge is 0.226 e. The fraction of sp³-hybridized carbons (Fsp3) is 0.545. The minimum Gasteiger partial charge on any atom is -0.380 e. The number of aromatic nitrogens is 4. The van der Waals surface area contributed by atoms with Gasteiger partial charge < -0.3 is 9.64 Å². The molecular formula is C11H12ClN5O. The molecule has 4 rings (SSSR count). The van der Waals surface area contributed by atoms with Crippen LogP contribution in [0.5, 0.6) is 0 Å². The Morgan fingerprint density at radius 2 is 2.11 bits per heavy atom. The molecule has 0 atom stereocenters. The summed E-state index contributed by atoms with van der Waals surface area (Å²) in [6.07, 6.45) is 1.79. The maximum Gasteiger partial charge on any atom is 0.226 e. The van der Waals surface area contributed by atoms with Crippen molar-refractivity contribution in [3.05, 3.63) is 11.5 Å². The zero-order chi connectivity index (χ0) is 12.3. The summed E-state index contributed by atoms with van der Waals surface area (Å²) in [6.45, 7) is 3.67. The lowest BCUT2D eigenvalue weighted by Gasteiger charge is -2.55. The van der Waals surface area contributed by atoms with Gasteiger partial charge in [-0.3, -0.25) is 4.68 Å². The van der Waals surface area contributed by atoms with E-state index >= 15 is 0 Å². The van der Waals surface area contributed by atoms with Crippen molar-refractivity contribution in [1.29, 1.82) is 0 Å². The lowest BCUT2D eigenvalue weighted by Crippen LogP contribution is -2.66. The maximum absolute atomic E-state index is 5.98. The summed E-state index contributed by atoms with van der Waals surface area (Å²) < 4.78 is 6.99. The fourth-order valence-corrected chi connectivity index (χ4v) is 2.87. The average molecular weight is 266 g/mol. The Balaban J connectivity index is 1.76. The number of hydrogen-bond acceptors (Lipinski definition) is 5. The molecule has 2 aromatic heterocycles. The summed E-state index contributed by atoms with van der Waals surface area (Å²) in [6, 6.07) is 0. The Hall–Kier alpha value is -1.40. The number of hydrogen-bond donors (Lipinski definition) is 0. The van der Waals surface area contributed by atoms with Crippen LogP contribution >= 0.6 is 11.6 Å². The van der Waals surface area contributed by atoms with E-state index in [0.717, 1.165) is 43.2 Å². The third-order valence-corrected chi connectivity index (χ3v) is 3.88. The molecule has 0 aromatic carbocycles. The van der Waals surface area contributed by atoms with Gasteiger partial charge >= 0.3 is 0 Å². The Kier molecular flexibility index (Phi) is 1.95. The topological polar surface area (TPSA) is 56.1 Å². The first kappa shape index (κ1) is 10.5. The molecule has 2 aromatic rings. The van der Waals surface area contributed by atoms with Gasteiger partial charge in [0.25, 0.3) is 0 Å². The molecule has 4 heterocycles. The van der Waals surface area contributed by atoms with Gasteiger partial charge in [0, 0.05) is 20.1 Å². The van der Waals surface area contributed by atoms with Gasteiger partial charge in [-0.25, -0.2) is 0 Å². The molecule has 2 saturated heterocycles. The molecule has 0 saturated carbocycles. The molecule has 1 spiro atoms. The summed E-state index contributed by atoms with van der Waals surface area (Å²) in [4.78, 5) is 10.8. The van der Waals surface area contributed by atoms with Crippen LogP contribution in [0.15, 0.2) is 6.20 Å². The zero-order valence-corrected chi connectivity index (χ0v) is 10.7. The highest BCUT2D eigenvalue weighted by atomic mass is 35.5. The van der Waals surface area contributed by atoms with Crippen LogP contribution in [-0.4, -0.2) is 46.1 Å². The lowest BCUT2D eigenvalue weighted by molar-refractivity contribution is -0.127. The van der Waals surface area contributed by atoms with Crippen molar-refractivity contribution in [1.82, 2.24) is 19.7 Å². The van der Waals surface area contributed by atoms with Crippen LogP contribution < -0.4 is 4.90 Å². The molecule has 18 heavy (non-hydrogen) atoms. The average Bonchev–Trinajstić information content (AvgIpc) is 2.56. The molecule has 0 N–H and O–H groups in total. The normalized spacial score (nSPS) is 21.1. The molecule has 7 heteroatoms. The Morgan fingerprint density at radius 1 is 1.33 bits per heavy atom. The van der Waals surface area contributed by atoms with Crippen molar-refractivity contribution in [3.8, 4) is 0 Å². The highest BCUT2D eigenvalue weighted by Gasteiger charge is 2.49. The van der Waals surface area contributed by atoms with Gasteiger partial charge in [-0.15, -0.1) is 0 Å². The van der Waals surface area contributed by atoms with E-state index in [9.17, 15) is 0 Å². The van der Waals surface area contributed by atoms with E-state index in [0.29, 0.717) is 5.41 Å². The van der Waals surface area contributed by atoms with Crippen LogP contribution in [0, 0.1) is 5.41 Å². The van der Waals surface area contributed by atoms with Crippen molar-refractivity contribution >= 4 is 28.5 Å². The van der Waals surface area contributed by atoms with Gasteiger partial charge in [-0.2, -0.15) is 15.1 Å². The standard InChI is InChI=1S/C11H12ClN5O/c1-16-8-7(2-13-16)9(15-10(12)14-8)17-3-11(4-17)5-18-6-11/h2H,3-6H2,1H3. The number of halogens is 1. The van der Waals surface area contributed by atoms with E-state index in [1.807, 2.05) is 7.05 Å². The van der Waals surface area contributed by atoms with Crippen LogP contribution in [0.4, 0.5) is 5.82 Å². The lowest BCUT2D eigenvalue weighted by atomic mass is 9.78. The van der Waals surface area contributed by atoms with Crippen molar-refractivity contribution < 1.29 is 4.74 Å². The molecular weight excluding hydrogens is 254 g/mol. The molecule has 2 fully saturated rings. The molecule has 2 aliphatic heterocycles. The number of ether oxygens (including phenoxy) is 1. The predicted molar refractivity (Wildman–Crippen MR) is 66.8 cm³/mol. The van der Waals surface area contributed by atoms with Gasteiger partial charge in [0.15, 0.2) is 5.65 Å². The molecule has 0 aliphatic carbocycles. The van der Waals surface area contributed by atoms with E-state index in [-0.39, 0.29) is 5.28 Å². The van der Waals surface area contributed by atoms with Crippen LogP contribution in [0.2, 0.25) is 5.28 Å². The maximum atomic E-state index is 5.98. The number of aryl methyl sites for hydroxylation is 1. The summed E-state index contributed by atoms with van der Waals surface area (Å²) in [5.41, 5.74) is 1.13. The first-order valence-corrected chi connectivity index (χ1v) is 6.23. The van der Waals surface area contributed by atoms with Gasteiger partial charge in [-0.05, 0) is 11.6 Å². The summed E-state index contributed by atoms with van der Waals surface area (Å²) in [5, 5.41) is 5.44. The number of anilines is 1. The third-order valence-electron chi connectivity index (χ3n) is 3.71. The van der Waals surface area contributed by atoms with Crippen molar-refractivity contribution in [3.63, 3.8) is 0 Å². The van der Waals surface area contributed by atoms with E-state index < -0.39 is 0 Å². The Bertz CT molecular complexity index is 628. The first-order chi connectivity index (χ1) is 8.67. The fourth-order valence-electron chi connectivity index (χ4n) is 2.71. The quantitative estimate of drug-likeness (QED) is 0.716. The molecule has 0 amide bonds. The molecule has 6 nitrogen and oxygen atoms in total.